The SMILES string of the molecule is N#Cc1cc2c(nc1N1CCCC(CC(=O)O)C1)CCC2. The summed E-state index contributed by atoms with van der Waals surface area (Å²) in [6.07, 6.45) is 5.21. The highest BCUT2D eigenvalue weighted by Gasteiger charge is 2.26. The summed E-state index contributed by atoms with van der Waals surface area (Å²) in [6, 6.07) is 4.24. The number of anilines is 1. The van der Waals surface area contributed by atoms with Crippen molar-refractivity contribution >= 4 is 11.8 Å². The van der Waals surface area contributed by atoms with Crippen molar-refractivity contribution in [1.29, 1.82) is 5.26 Å². The van der Waals surface area contributed by atoms with Gasteiger partial charge < -0.3 is 10.0 Å². The highest BCUT2D eigenvalue weighted by Crippen LogP contribution is 2.30. The van der Waals surface area contributed by atoms with Gasteiger partial charge in [0, 0.05) is 25.2 Å². The molecule has 3 rings (SSSR count). The molecule has 0 bridgehead atoms. The average Bonchev–Trinajstić information content (AvgIpc) is 2.92. The minimum Gasteiger partial charge on any atom is -0.481 e. The van der Waals surface area contributed by atoms with Crippen LogP contribution in [-0.2, 0) is 17.6 Å². The van der Waals surface area contributed by atoms with Crippen molar-refractivity contribution in [1.82, 2.24) is 4.98 Å². The predicted molar refractivity (Wildman–Crippen MR) is 78.2 cm³/mol. The first-order chi connectivity index (χ1) is 10.2. The van der Waals surface area contributed by atoms with E-state index >= 15 is 0 Å². The number of aliphatic carboxylic acids is 1. The van der Waals surface area contributed by atoms with Gasteiger partial charge in [0.1, 0.15) is 11.9 Å². The molecule has 1 N–H and O–H groups in total. The molecule has 1 unspecified atom stereocenters. The molecule has 2 aliphatic rings. The number of carboxylic acid groups (broad SMARTS) is 1. The number of fused-ring (bicyclic) bond motifs is 1. The Morgan fingerprint density at radius 2 is 2.33 bits per heavy atom. The monoisotopic (exact) mass is 285 g/mol. The van der Waals surface area contributed by atoms with Gasteiger partial charge in [-0.25, -0.2) is 4.98 Å². The zero-order valence-corrected chi connectivity index (χ0v) is 12.0. The Morgan fingerprint density at radius 3 is 3.10 bits per heavy atom. The van der Waals surface area contributed by atoms with E-state index in [0.717, 1.165) is 50.2 Å². The minimum absolute atomic E-state index is 0.151. The number of carbonyl (C=O) groups is 1. The molecule has 1 saturated heterocycles. The van der Waals surface area contributed by atoms with Crippen LogP contribution in [0.1, 0.15) is 42.5 Å². The molecule has 21 heavy (non-hydrogen) atoms. The number of hydrogen-bond acceptors (Lipinski definition) is 4. The second-order valence-corrected chi connectivity index (χ2v) is 5.98. The van der Waals surface area contributed by atoms with Gasteiger partial charge in [-0.2, -0.15) is 5.26 Å². The van der Waals surface area contributed by atoms with Crippen LogP contribution in [0.5, 0.6) is 0 Å². The molecule has 1 atom stereocenters. The molecule has 1 aliphatic carbocycles. The van der Waals surface area contributed by atoms with Gasteiger partial charge in [0.05, 0.1) is 5.56 Å². The summed E-state index contributed by atoms with van der Waals surface area (Å²) in [5, 5.41) is 18.3. The summed E-state index contributed by atoms with van der Waals surface area (Å²) in [5.74, 6) is 0.162. The second-order valence-electron chi connectivity index (χ2n) is 5.98. The molecule has 0 amide bonds. The third-order valence-electron chi connectivity index (χ3n) is 4.43. The lowest BCUT2D eigenvalue weighted by molar-refractivity contribution is -0.138. The smallest absolute Gasteiger partial charge is 0.303 e. The third-order valence-corrected chi connectivity index (χ3v) is 4.43. The van der Waals surface area contributed by atoms with E-state index in [1.165, 1.54) is 5.56 Å². The van der Waals surface area contributed by atoms with E-state index in [9.17, 15) is 10.1 Å². The normalized spacial score (nSPS) is 20.9. The molecule has 1 aromatic heterocycles. The zero-order valence-electron chi connectivity index (χ0n) is 12.0. The van der Waals surface area contributed by atoms with Crippen molar-refractivity contribution in [3.63, 3.8) is 0 Å². The maximum Gasteiger partial charge on any atom is 0.303 e. The van der Waals surface area contributed by atoms with E-state index < -0.39 is 5.97 Å². The lowest BCUT2D eigenvalue weighted by atomic mass is 9.94. The number of nitrogens with zero attached hydrogens (tertiary/aromatic N) is 3. The number of piperidine rings is 1. The minimum atomic E-state index is -0.746. The predicted octanol–water partition coefficient (Wildman–Crippen LogP) is 2.13. The largest absolute Gasteiger partial charge is 0.481 e. The van der Waals surface area contributed by atoms with E-state index in [1.807, 2.05) is 6.07 Å². The van der Waals surface area contributed by atoms with Gasteiger partial charge in [-0.05, 0) is 49.7 Å². The fraction of sp³-hybridized carbons (Fsp3) is 0.562. The Kier molecular flexibility index (Phi) is 3.78. The summed E-state index contributed by atoms with van der Waals surface area (Å²) in [5.41, 5.74) is 2.95. The van der Waals surface area contributed by atoms with Crippen LogP contribution < -0.4 is 4.90 Å². The lowest BCUT2D eigenvalue weighted by Gasteiger charge is -2.33. The van der Waals surface area contributed by atoms with Crippen molar-refractivity contribution in [2.75, 3.05) is 18.0 Å². The van der Waals surface area contributed by atoms with E-state index in [4.69, 9.17) is 10.1 Å². The maximum absolute atomic E-state index is 10.9. The Bertz CT molecular complexity index is 606. The molecule has 5 heteroatoms. The third kappa shape index (κ3) is 2.85. The number of carboxylic acids is 1. The molecular weight excluding hydrogens is 266 g/mol. The number of hydrogen-bond donors (Lipinski definition) is 1. The van der Waals surface area contributed by atoms with Crippen LogP contribution in [0.2, 0.25) is 0 Å². The van der Waals surface area contributed by atoms with E-state index in [2.05, 4.69) is 11.0 Å². The number of rotatable bonds is 3. The van der Waals surface area contributed by atoms with Gasteiger partial charge in [-0.3, -0.25) is 4.79 Å². The Balaban J connectivity index is 1.86. The molecule has 110 valence electrons. The number of nitriles is 1. The molecule has 2 heterocycles. The molecule has 1 fully saturated rings. The summed E-state index contributed by atoms with van der Waals surface area (Å²) in [6.45, 7) is 1.54. The van der Waals surface area contributed by atoms with Crippen LogP contribution in [0.25, 0.3) is 0 Å². The molecule has 0 radical (unpaired) electrons. The summed E-state index contributed by atoms with van der Waals surface area (Å²) < 4.78 is 0. The van der Waals surface area contributed by atoms with Gasteiger partial charge in [0.2, 0.25) is 0 Å². The summed E-state index contributed by atoms with van der Waals surface area (Å²) in [4.78, 5) is 17.7. The molecule has 1 aromatic rings. The first kappa shape index (κ1) is 13.9. The van der Waals surface area contributed by atoms with Crippen LogP contribution in [-0.4, -0.2) is 29.1 Å². The Morgan fingerprint density at radius 1 is 1.48 bits per heavy atom. The van der Waals surface area contributed by atoms with E-state index in [1.54, 1.807) is 0 Å². The van der Waals surface area contributed by atoms with Gasteiger partial charge in [0.15, 0.2) is 0 Å². The quantitative estimate of drug-likeness (QED) is 0.920. The number of aryl methyl sites for hydroxylation is 2. The number of pyridine rings is 1. The standard InChI is InChI=1S/C16H19N3O2/c17-9-13-8-12-4-1-5-14(12)18-16(13)19-6-2-3-11(10-19)7-15(20)21/h8,11H,1-7,10H2,(H,20,21). The van der Waals surface area contributed by atoms with E-state index in [0.29, 0.717) is 12.1 Å². The number of aromatic nitrogens is 1. The molecular formula is C16H19N3O2. The van der Waals surface area contributed by atoms with Gasteiger partial charge >= 0.3 is 5.97 Å². The van der Waals surface area contributed by atoms with Crippen molar-refractivity contribution in [2.45, 2.75) is 38.5 Å². The molecule has 5 nitrogen and oxygen atoms in total. The topological polar surface area (TPSA) is 77.2 Å². The average molecular weight is 285 g/mol. The maximum atomic E-state index is 10.9. The van der Waals surface area contributed by atoms with Crippen LogP contribution in [0.3, 0.4) is 0 Å². The van der Waals surface area contributed by atoms with Gasteiger partial charge in [0.25, 0.3) is 0 Å². The van der Waals surface area contributed by atoms with Crippen LogP contribution in [0.15, 0.2) is 6.07 Å². The van der Waals surface area contributed by atoms with Gasteiger partial charge in [-0.1, -0.05) is 0 Å². The first-order valence-corrected chi connectivity index (χ1v) is 7.57. The van der Waals surface area contributed by atoms with Crippen molar-refractivity contribution in [3.05, 3.63) is 22.9 Å². The first-order valence-electron chi connectivity index (χ1n) is 7.57. The van der Waals surface area contributed by atoms with Crippen molar-refractivity contribution in [2.24, 2.45) is 5.92 Å². The van der Waals surface area contributed by atoms with Crippen molar-refractivity contribution in [3.8, 4) is 6.07 Å². The molecule has 0 saturated carbocycles. The highest BCUT2D eigenvalue weighted by molar-refractivity contribution is 5.67. The molecule has 0 aromatic carbocycles. The fourth-order valence-electron chi connectivity index (χ4n) is 3.46. The van der Waals surface area contributed by atoms with Crippen LogP contribution >= 0.6 is 0 Å². The zero-order chi connectivity index (χ0) is 14.8. The Hall–Kier alpha value is -2.09. The lowest BCUT2D eigenvalue weighted by Crippen LogP contribution is -2.37. The molecule has 0 spiro atoms. The van der Waals surface area contributed by atoms with Crippen LogP contribution in [0.4, 0.5) is 5.82 Å². The highest BCUT2D eigenvalue weighted by atomic mass is 16.4. The fourth-order valence-corrected chi connectivity index (χ4v) is 3.46. The summed E-state index contributed by atoms with van der Waals surface area (Å²) >= 11 is 0. The second kappa shape index (κ2) is 5.72. The van der Waals surface area contributed by atoms with Gasteiger partial charge in [-0.15, -0.1) is 0 Å². The molecule has 1 aliphatic heterocycles. The van der Waals surface area contributed by atoms with Crippen LogP contribution in [0, 0.1) is 17.2 Å². The van der Waals surface area contributed by atoms with E-state index in [-0.39, 0.29) is 12.3 Å². The summed E-state index contributed by atoms with van der Waals surface area (Å²) in [7, 11) is 0. The van der Waals surface area contributed by atoms with Crippen molar-refractivity contribution < 1.29 is 9.90 Å². The Labute approximate surface area is 124 Å².